The van der Waals surface area contributed by atoms with E-state index in [-0.39, 0.29) is 17.7 Å². The Kier molecular flexibility index (Phi) is 9.72. The van der Waals surface area contributed by atoms with Gasteiger partial charge in [-0.2, -0.15) is 0 Å². The third-order valence-electron chi connectivity index (χ3n) is 6.24. The van der Waals surface area contributed by atoms with E-state index < -0.39 is 12.0 Å². The van der Waals surface area contributed by atoms with E-state index in [1.165, 1.54) is 30.1 Å². The lowest BCUT2D eigenvalue weighted by Crippen LogP contribution is -2.40. The van der Waals surface area contributed by atoms with Crippen LogP contribution in [-0.4, -0.2) is 44.6 Å². The number of aromatic nitrogens is 1. The van der Waals surface area contributed by atoms with Crippen LogP contribution in [0.15, 0.2) is 68.5 Å². The van der Waals surface area contributed by atoms with Crippen LogP contribution in [-0.2, 0) is 9.53 Å². The molecule has 0 amide bonds. The number of halogens is 1. The minimum atomic E-state index is -0.824. The molecule has 2 aromatic carbocycles. The molecule has 2 heterocycles. The Morgan fingerprint density at radius 1 is 1.07 bits per heavy atom. The van der Waals surface area contributed by atoms with Gasteiger partial charge < -0.3 is 23.7 Å². The third kappa shape index (κ3) is 6.11. The zero-order valence-corrected chi connectivity index (χ0v) is 25.9. The van der Waals surface area contributed by atoms with Gasteiger partial charge in [-0.05, 0) is 62.2 Å². The maximum absolute atomic E-state index is 14.0. The number of carbonyl (C=O) groups is 1. The molecule has 0 N–H and O–H groups in total. The van der Waals surface area contributed by atoms with Gasteiger partial charge in [-0.25, -0.2) is 9.79 Å². The van der Waals surface area contributed by atoms with Gasteiger partial charge in [0.15, 0.2) is 27.8 Å². The molecule has 0 radical (unpaired) electrons. The fourth-order valence-corrected chi connectivity index (χ4v) is 6.05. The van der Waals surface area contributed by atoms with E-state index in [9.17, 15) is 9.59 Å². The molecule has 41 heavy (non-hydrogen) atoms. The Bertz CT molecular complexity index is 1690. The number of hydrogen-bond acceptors (Lipinski definition) is 9. The molecule has 216 valence electrons. The Labute approximate surface area is 250 Å². The summed E-state index contributed by atoms with van der Waals surface area (Å²) >= 11 is 4.85. The van der Waals surface area contributed by atoms with Crippen molar-refractivity contribution in [1.29, 1.82) is 0 Å². The van der Waals surface area contributed by atoms with Crippen LogP contribution >= 0.6 is 27.3 Å². The summed E-state index contributed by atoms with van der Waals surface area (Å²) < 4.78 is 30.4. The van der Waals surface area contributed by atoms with Gasteiger partial charge in [-0.15, -0.1) is 0 Å². The number of ether oxygens (including phenoxy) is 5. The second kappa shape index (κ2) is 13.2. The molecule has 1 atom stereocenters. The number of rotatable bonds is 11. The van der Waals surface area contributed by atoms with E-state index in [1.807, 2.05) is 19.1 Å². The smallest absolute Gasteiger partial charge is 0.338 e. The highest BCUT2D eigenvalue weighted by atomic mass is 79.9. The molecule has 1 aliphatic rings. The molecule has 0 saturated carbocycles. The van der Waals surface area contributed by atoms with Crippen molar-refractivity contribution in [3.63, 3.8) is 0 Å². The van der Waals surface area contributed by atoms with E-state index in [0.717, 1.165) is 5.56 Å². The lowest BCUT2D eigenvalue weighted by atomic mass is 9.95. The lowest BCUT2D eigenvalue weighted by molar-refractivity contribution is -0.139. The number of fused-ring (bicyclic) bond motifs is 1. The van der Waals surface area contributed by atoms with Crippen molar-refractivity contribution in [1.82, 2.24) is 4.57 Å². The van der Waals surface area contributed by atoms with Crippen molar-refractivity contribution in [2.75, 3.05) is 34.0 Å². The normalized spacial score (nSPS) is 14.7. The SMILES string of the molecule is C=CCOc1ccc(/C=c2\sc3n(c2=O)[C@H](c2cc(OC)c(OC)cc2Br)C(C(=O)OCC)=C(C)N=3)cc1OCC. The molecule has 0 saturated heterocycles. The summed E-state index contributed by atoms with van der Waals surface area (Å²) in [5.74, 6) is 1.54. The fourth-order valence-electron chi connectivity index (χ4n) is 4.47. The van der Waals surface area contributed by atoms with Crippen LogP contribution in [0.25, 0.3) is 6.08 Å². The first kappa shape index (κ1) is 30.1. The van der Waals surface area contributed by atoms with Crippen LogP contribution in [0.3, 0.4) is 0 Å². The summed E-state index contributed by atoms with van der Waals surface area (Å²) in [6.45, 7) is 10.0. The Morgan fingerprint density at radius 2 is 1.80 bits per heavy atom. The molecule has 4 rings (SSSR count). The second-order valence-corrected chi connectivity index (χ2v) is 10.6. The molecule has 0 aliphatic carbocycles. The van der Waals surface area contributed by atoms with Gasteiger partial charge >= 0.3 is 5.97 Å². The van der Waals surface area contributed by atoms with Crippen molar-refractivity contribution in [2.45, 2.75) is 26.8 Å². The first-order valence-electron chi connectivity index (χ1n) is 12.9. The minimum Gasteiger partial charge on any atom is -0.493 e. The van der Waals surface area contributed by atoms with Crippen molar-refractivity contribution < 1.29 is 28.5 Å². The monoisotopic (exact) mass is 642 g/mol. The highest BCUT2D eigenvalue weighted by molar-refractivity contribution is 9.10. The lowest BCUT2D eigenvalue weighted by Gasteiger charge is -2.26. The van der Waals surface area contributed by atoms with Crippen LogP contribution in [0, 0.1) is 0 Å². The predicted molar refractivity (Wildman–Crippen MR) is 161 cm³/mol. The third-order valence-corrected chi connectivity index (χ3v) is 7.91. The first-order chi connectivity index (χ1) is 19.8. The molecule has 1 aliphatic heterocycles. The molecule has 3 aromatic rings. The van der Waals surface area contributed by atoms with Crippen LogP contribution in [0.5, 0.6) is 23.0 Å². The highest BCUT2D eigenvalue weighted by Gasteiger charge is 2.35. The molecule has 1 aromatic heterocycles. The van der Waals surface area contributed by atoms with Crippen LogP contribution in [0.1, 0.15) is 37.9 Å². The number of hydrogen-bond donors (Lipinski definition) is 0. The largest absolute Gasteiger partial charge is 0.493 e. The van der Waals surface area contributed by atoms with Gasteiger partial charge in [0.2, 0.25) is 0 Å². The fraction of sp³-hybridized carbons (Fsp3) is 0.300. The Balaban J connectivity index is 1.94. The maximum Gasteiger partial charge on any atom is 0.338 e. The number of thiazole rings is 1. The maximum atomic E-state index is 14.0. The number of esters is 1. The topological polar surface area (TPSA) is 97.6 Å². The van der Waals surface area contributed by atoms with E-state index in [2.05, 4.69) is 27.5 Å². The summed E-state index contributed by atoms with van der Waals surface area (Å²) in [6, 6.07) is 8.13. The molecule has 0 spiro atoms. The molecule has 0 fully saturated rings. The van der Waals surface area contributed by atoms with Gasteiger partial charge in [0.25, 0.3) is 5.56 Å². The van der Waals surface area contributed by atoms with Crippen molar-refractivity contribution in [3.8, 4) is 23.0 Å². The number of nitrogens with zero attached hydrogens (tertiary/aromatic N) is 2. The molecule has 0 unspecified atom stereocenters. The summed E-state index contributed by atoms with van der Waals surface area (Å²) in [7, 11) is 3.06. The summed E-state index contributed by atoms with van der Waals surface area (Å²) in [5, 5.41) is 0. The van der Waals surface area contributed by atoms with Crippen LogP contribution in [0.4, 0.5) is 0 Å². The van der Waals surface area contributed by atoms with E-state index in [4.69, 9.17) is 23.7 Å². The molecule has 11 heteroatoms. The van der Waals surface area contributed by atoms with Gasteiger partial charge in [-0.1, -0.05) is 46.0 Å². The Morgan fingerprint density at radius 3 is 2.46 bits per heavy atom. The molecular weight excluding hydrogens is 612 g/mol. The zero-order chi connectivity index (χ0) is 29.7. The van der Waals surface area contributed by atoms with E-state index >= 15 is 0 Å². The van der Waals surface area contributed by atoms with Crippen molar-refractivity contribution in [3.05, 3.63) is 89.5 Å². The van der Waals surface area contributed by atoms with E-state index in [0.29, 0.717) is 61.3 Å². The summed E-state index contributed by atoms with van der Waals surface area (Å²) in [4.78, 5) is 32.4. The predicted octanol–water partition coefficient (Wildman–Crippen LogP) is 4.54. The number of benzene rings is 2. The van der Waals surface area contributed by atoms with Gasteiger partial charge in [-0.3, -0.25) is 9.36 Å². The first-order valence-corrected chi connectivity index (χ1v) is 14.5. The van der Waals surface area contributed by atoms with E-state index in [1.54, 1.807) is 44.2 Å². The van der Waals surface area contributed by atoms with Gasteiger partial charge in [0.1, 0.15) is 6.61 Å². The number of allylic oxidation sites excluding steroid dienone is 1. The van der Waals surface area contributed by atoms with Gasteiger partial charge in [0, 0.05) is 4.47 Å². The highest BCUT2D eigenvalue weighted by Crippen LogP contribution is 2.40. The number of methoxy groups -OCH3 is 2. The molecular formula is C30H31BrN2O7S. The second-order valence-electron chi connectivity index (χ2n) is 8.77. The molecule has 9 nitrogen and oxygen atoms in total. The quantitative estimate of drug-likeness (QED) is 0.224. The summed E-state index contributed by atoms with van der Waals surface area (Å²) in [6.07, 6.45) is 3.43. The Hall–Kier alpha value is -3.83. The minimum absolute atomic E-state index is 0.175. The number of carbonyl (C=O) groups excluding carboxylic acids is 1. The summed E-state index contributed by atoms with van der Waals surface area (Å²) in [5.41, 5.74) is 1.79. The van der Waals surface area contributed by atoms with Crippen LogP contribution < -0.4 is 33.8 Å². The average Bonchev–Trinajstić information content (AvgIpc) is 3.25. The van der Waals surface area contributed by atoms with Gasteiger partial charge in [0.05, 0.1) is 49.3 Å². The zero-order valence-electron chi connectivity index (χ0n) is 23.5. The van der Waals surface area contributed by atoms with Crippen molar-refractivity contribution in [2.24, 2.45) is 4.99 Å². The standard InChI is InChI=1S/C30H31BrN2O7S/c1-7-12-40-21-11-10-18(13-24(21)38-8-2)14-25-28(34)33-27(19-15-22(36-5)23(37-6)16-20(19)31)26(29(35)39-9-3)17(4)32-30(33)41-25/h7,10-11,13-16,27H,1,8-9,12H2,2-6H3/b25-14-/t27-/m1/s1. The van der Waals surface area contributed by atoms with Crippen LogP contribution in [0.2, 0.25) is 0 Å². The molecule has 0 bridgehead atoms. The van der Waals surface area contributed by atoms with Crippen molar-refractivity contribution >= 4 is 39.3 Å². The average molecular weight is 644 g/mol.